The Morgan fingerprint density at radius 3 is 2.35 bits per heavy atom. The average Bonchev–Trinajstić information content (AvgIpc) is 2.59. The van der Waals surface area contributed by atoms with Gasteiger partial charge in [0.1, 0.15) is 5.75 Å². The predicted molar refractivity (Wildman–Crippen MR) is 123 cm³/mol. The number of hydrogen-bond donors (Lipinski definition) is 2. The number of nitrogens with one attached hydrogen (secondary N) is 2. The van der Waals surface area contributed by atoms with Gasteiger partial charge in [0, 0.05) is 38.8 Å². The van der Waals surface area contributed by atoms with Gasteiger partial charge in [-0.15, -0.1) is 24.0 Å². The number of aliphatic imine (C=N–C) groups is 1. The van der Waals surface area contributed by atoms with Crippen molar-refractivity contribution in [3.63, 3.8) is 0 Å². The maximum Gasteiger partial charge on any atom is 0.191 e. The molecule has 0 saturated carbocycles. The lowest BCUT2D eigenvalue weighted by Gasteiger charge is -2.30. The van der Waals surface area contributed by atoms with Crippen LogP contribution in [-0.2, 0) is 6.42 Å². The summed E-state index contributed by atoms with van der Waals surface area (Å²) < 4.78 is 5.27. The number of guanidine groups is 1. The van der Waals surface area contributed by atoms with Crippen LogP contribution in [0.3, 0.4) is 0 Å². The molecular weight excluding hydrogens is 439 g/mol. The molecule has 1 rings (SSSR count). The summed E-state index contributed by atoms with van der Waals surface area (Å²) in [7, 11) is 3.52. The van der Waals surface area contributed by atoms with Gasteiger partial charge in [-0.3, -0.25) is 9.89 Å². The molecule has 0 aliphatic heterocycles. The summed E-state index contributed by atoms with van der Waals surface area (Å²) >= 11 is 0. The molecule has 0 aliphatic rings. The lowest BCUT2D eigenvalue weighted by Crippen LogP contribution is -2.45. The molecular formula is C20H37IN4O. The van der Waals surface area contributed by atoms with E-state index in [0.29, 0.717) is 12.1 Å². The lowest BCUT2D eigenvalue weighted by atomic mass is 10.1. The van der Waals surface area contributed by atoms with Crippen molar-refractivity contribution < 1.29 is 4.74 Å². The second-order valence-corrected chi connectivity index (χ2v) is 6.81. The number of ether oxygens (including phenoxy) is 1. The van der Waals surface area contributed by atoms with Crippen molar-refractivity contribution in [3.05, 3.63) is 29.8 Å². The zero-order valence-electron chi connectivity index (χ0n) is 17.2. The summed E-state index contributed by atoms with van der Waals surface area (Å²) in [5.41, 5.74) is 1.30. The first-order chi connectivity index (χ1) is 12.0. The molecule has 0 heterocycles. The highest BCUT2D eigenvalue weighted by Gasteiger charge is 2.12. The summed E-state index contributed by atoms with van der Waals surface area (Å²) in [6.45, 7) is 11.8. The van der Waals surface area contributed by atoms with Crippen LogP contribution in [0.15, 0.2) is 29.3 Å². The van der Waals surface area contributed by atoms with E-state index in [1.807, 2.05) is 19.2 Å². The molecule has 0 aromatic heterocycles. The first-order valence-electron chi connectivity index (χ1n) is 9.31. The Bertz CT molecular complexity index is 512. The van der Waals surface area contributed by atoms with Gasteiger partial charge in [-0.05, 0) is 58.2 Å². The average molecular weight is 476 g/mol. The molecule has 0 saturated heterocycles. The fourth-order valence-electron chi connectivity index (χ4n) is 2.96. The van der Waals surface area contributed by atoms with Crippen LogP contribution in [0.4, 0.5) is 0 Å². The lowest BCUT2D eigenvalue weighted by molar-refractivity contribution is 0.178. The zero-order valence-corrected chi connectivity index (χ0v) is 19.5. The second kappa shape index (κ2) is 14.1. The Hall–Kier alpha value is -1.02. The fourth-order valence-corrected chi connectivity index (χ4v) is 2.96. The standard InChI is InChI=1S/C20H36N4O.HI/c1-16(2)24(17(3)4)14-13-23-20(21-5)22-12-8-10-18-9-7-11-19(15-18)25-6;/h7,9,11,15-17H,8,10,12-14H2,1-6H3,(H2,21,22,23);1H. The van der Waals surface area contributed by atoms with Gasteiger partial charge in [-0.2, -0.15) is 0 Å². The van der Waals surface area contributed by atoms with Crippen molar-refractivity contribution in [2.24, 2.45) is 4.99 Å². The van der Waals surface area contributed by atoms with Gasteiger partial charge in [0.05, 0.1) is 7.11 Å². The van der Waals surface area contributed by atoms with Crippen LogP contribution in [0, 0.1) is 0 Å². The largest absolute Gasteiger partial charge is 0.497 e. The van der Waals surface area contributed by atoms with Gasteiger partial charge in [0.15, 0.2) is 5.96 Å². The molecule has 2 N–H and O–H groups in total. The zero-order chi connectivity index (χ0) is 18.7. The number of nitrogens with zero attached hydrogens (tertiary/aromatic N) is 2. The molecule has 5 nitrogen and oxygen atoms in total. The topological polar surface area (TPSA) is 48.9 Å². The van der Waals surface area contributed by atoms with Gasteiger partial charge in [-0.25, -0.2) is 0 Å². The molecule has 0 amide bonds. The Morgan fingerprint density at radius 2 is 1.77 bits per heavy atom. The summed E-state index contributed by atoms with van der Waals surface area (Å²) in [4.78, 5) is 6.78. The Labute approximate surface area is 177 Å². The molecule has 26 heavy (non-hydrogen) atoms. The highest BCUT2D eigenvalue weighted by atomic mass is 127. The number of hydrogen-bond acceptors (Lipinski definition) is 3. The van der Waals surface area contributed by atoms with Crippen molar-refractivity contribution in [1.29, 1.82) is 0 Å². The summed E-state index contributed by atoms with van der Waals surface area (Å²) in [6, 6.07) is 9.36. The smallest absolute Gasteiger partial charge is 0.191 e. The maximum absolute atomic E-state index is 5.27. The Morgan fingerprint density at radius 1 is 1.12 bits per heavy atom. The van der Waals surface area contributed by atoms with E-state index in [0.717, 1.165) is 44.2 Å². The molecule has 6 heteroatoms. The predicted octanol–water partition coefficient (Wildman–Crippen LogP) is 3.53. The molecule has 0 unspecified atom stereocenters. The third-order valence-electron chi connectivity index (χ3n) is 4.28. The van der Waals surface area contributed by atoms with Crippen molar-refractivity contribution >= 4 is 29.9 Å². The molecule has 0 radical (unpaired) electrons. The highest BCUT2D eigenvalue weighted by molar-refractivity contribution is 14.0. The summed E-state index contributed by atoms with van der Waals surface area (Å²) in [5, 5.41) is 6.79. The van der Waals surface area contributed by atoms with Crippen LogP contribution < -0.4 is 15.4 Å². The van der Waals surface area contributed by atoms with E-state index in [-0.39, 0.29) is 24.0 Å². The molecule has 0 fully saturated rings. The molecule has 1 aromatic carbocycles. The minimum atomic E-state index is 0. The van der Waals surface area contributed by atoms with Gasteiger partial charge < -0.3 is 15.4 Å². The molecule has 0 bridgehead atoms. The van der Waals surface area contributed by atoms with Crippen molar-refractivity contribution in [1.82, 2.24) is 15.5 Å². The van der Waals surface area contributed by atoms with Crippen molar-refractivity contribution in [2.45, 2.75) is 52.6 Å². The van der Waals surface area contributed by atoms with Gasteiger partial charge in [-0.1, -0.05) is 12.1 Å². The number of rotatable bonds is 10. The maximum atomic E-state index is 5.27. The van der Waals surface area contributed by atoms with E-state index in [2.05, 4.69) is 60.4 Å². The van der Waals surface area contributed by atoms with E-state index in [4.69, 9.17) is 4.74 Å². The minimum Gasteiger partial charge on any atom is -0.497 e. The van der Waals surface area contributed by atoms with Crippen LogP contribution in [0.25, 0.3) is 0 Å². The number of methoxy groups -OCH3 is 1. The number of benzene rings is 1. The Kier molecular flexibility index (Phi) is 13.5. The van der Waals surface area contributed by atoms with Crippen LogP contribution in [0.2, 0.25) is 0 Å². The third-order valence-corrected chi connectivity index (χ3v) is 4.28. The normalized spacial score (nSPS) is 11.7. The molecule has 150 valence electrons. The molecule has 1 aromatic rings. The van der Waals surface area contributed by atoms with E-state index in [1.54, 1.807) is 7.11 Å². The quantitative estimate of drug-likeness (QED) is 0.235. The van der Waals surface area contributed by atoms with Gasteiger partial charge >= 0.3 is 0 Å². The first kappa shape index (κ1) is 25.0. The highest BCUT2D eigenvalue weighted by Crippen LogP contribution is 2.13. The number of aryl methyl sites for hydroxylation is 1. The van der Waals surface area contributed by atoms with Crippen LogP contribution in [0.1, 0.15) is 39.7 Å². The second-order valence-electron chi connectivity index (χ2n) is 6.81. The van der Waals surface area contributed by atoms with Crippen LogP contribution in [0.5, 0.6) is 5.75 Å². The van der Waals surface area contributed by atoms with E-state index >= 15 is 0 Å². The van der Waals surface area contributed by atoms with Crippen molar-refractivity contribution in [2.75, 3.05) is 33.8 Å². The van der Waals surface area contributed by atoms with Crippen LogP contribution in [-0.4, -0.2) is 56.7 Å². The SMILES string of the molecule is CN=C(NCCCc1cccc(OC)c1)NCCN(C(C)C)C(C)C.I. The number of halogens is 1. The summed E-state index contributed by atoms with van der Waals surface area (Å²) in [5.74, 6) is 1.79. The van der Waals surface area contributed by atoms with Gasteiger partial charge in [0.2, 0.25) is 0 Å². The minimum absolute atomic E-state index is 0. The fraction of sp³-hybridized carbons (Fsp3) is 0.650. The van der Waals surface area contributed by atoms with Gasteiger partial charge in [0.25, 0.3) is 0 Å². The van der Waals surface area contributed by atoms with E-state index in [9.17, 15) is 0 Å². The first-order valence-corrected chi connectivity index (χ1v) is 9.31. The molecule has 0 spiro atoms. The molecule has 0 atom stereocenters. The summed E-state index contributed by atoms with van der Waals surface area (Å²) in [6.07, 6.45) is 2.08. The van der Waals surface area contributed by atoms with E-state index in [1.165, 1.54) is 5.56 Å². The third kappa shape index (κ3) is 9.62. The van der Waals surface area contributed by atoms with Crippen LogP contribution >= 0.6 is 24.0 Å². The molecule has 0 aliphatic carbocycles. The van der Waals surface area contributed by atoms with E-state index < -0.39 is 0 Å². The Balaban J connectivity index is 0.00000625. The monoisotopic (exact) mass is 476 g/mol. The van der Waals surface area contributed by atoms with Crippen molar-refractivity contribution in [3.8, 4) is 5.75 Å².